The van der Waals surface area contributed by atoms with Gasteiger partial charge in [-0.2, -0.15) is 0 Å². The second kappa shape index (κ2) is 8.53. The lowest BCUT2D eigenvalue weighted by atomic mass is 10.0. The molecule has 15 heavy (non-hydrogen) atoms. The average molecular weight is 236 g/mol. The van der Waals surface area contributed by atoms with E-state index in [0.29, 0.717) is 31.9 Å². The van der Waals surface area contributed by atoms with Crippen molar-refractivity contribution >= 4 is 23.5 Å². The zero-order valence-corrected chi connectivity index (χ0v) is 9.97. The summed E-state index contributed by atoms with van der Waals surface area (Å²) in [6, 6.07) is 0. The number of esters is 1. The second-order valence-corrected chi connectivity index (χ2v) is 3.31. The lowest BCUT2D eigenvalue weighted by Crippen LogP contribution is -2.27. The molecule has 1 N–H and O–H groups in total. The lowest BCUT2D eigenvalue weighted by Gasteiger charge is -2.15. The molecular weight excluding hydrogens is 218 g/mol. The summed E-state index contributed by atoms with van der Waals surface area (Å²) in [6.07, 6.45) is 1.17. The number of alkyl halides is 1. The predicted molar refractivity (Wildman–Crippen MR) is 59.4 cm³/mol. The van der Waals surface area contributed by atoms with Crippen LogP contribution in [0.15, 0.2) is 0 Å². The van der Waals surface area contributed by atoms with E-state index in [1.165, 1.54) is 0 Å². The van der Waals surface area contributed by atoms with Crippen LogP contribution in [0.5, 0.6) is 0 Å². The summed E-state index contributed by atoms with van der Waals surface area (Å²) in [4.78, 5) is 11.5. The molecule has 0 rings (SSSR count). The Balaban J connectivity index is 4.28. The molecule has 0 aliphatic heterocycles. The molecule has 0 aromatic rings. The Hall–Kier alpha value is -0.770. The third-order valence-electron chi connectivity index (χ3n) is 1.81. The summed E-state index contributed by atoms with van der Waals surface area (Å²) in [5.74, 6) is -0.569. The molecule has 0 aromatic carbocycles. The number of carbonyl (C=O) groups excluding carboxylic acids is 1. The third kappa shape index (κ3) is 5.62. The summed E-state index contributed by atoms with van der Waals surface area (Å²) in [7, 11) is 0. The molecule has 0 bridgehead atoms. The second-order valence-electron chi connectivity index (χ2n) is 2.93. The van der Waals surface area contributed by atoms with E-state index < -0.39 is 11.9 Å². The van der Waals surface area contributed by atoms with E-state index in [-0.39, 0.29) is 5.90 Å². The maximum absolute atomic E-state index is 11.5. The molecule has 0 heterocycles. The average Bonchev–Trinajstić information content (AvgIpc) is 2.19. The van der Waals surface area contributed by atoms with E-state index in [0.717, 1.165) is 0 Å². The van der Waals surface area contributed by atoms with Crippen molar-refractivity contribution in [2.24, 2.45) is 5.92 Å². The van der Waals surface area contributed by atoms with Gasteiger partial charge in [-0.1, -0.05) is 0 Å². The van der Waals surface area contributed by atoms with Crippen LogP contribution in [0.4, 0.5) is 0 Å². The van der Waals surface area contributed by atoms with Gasteiger partial charge in [-0.25, -0.2) is 0 Å². The molecule has 0 spiro atoms. The van der Waals surface area contributed by atoms with E-state index >= 15 is 0 Å². The molecule has 1 atom stereocenters. The first-order valence-corrected chi connectivity index (χ1v) is 5.64. The topological polar surface area (TPSA) is 59.4 Å². The van der Waals surface area contributed by atoms with Crippen LogP contribution >= 0.6 is 11.6 Å². The summed E-state index contributed by atoms with van der Waals surface area (Å²) >= 11 is 5.55. The van der Waals surface area contributed by atoms with Crippen molar-refractivity contribution in [3.05, 3.63) is 0 Å². The summed E-state index contributed by atoms with van der Waals surface area (Å²) in [5, 5.41) is 7.57. The van der Waals surface area contributed by atoms with Crippen LogP contribution in [0.3, 0.4) is 0 Å². The number of carbonyl (C=O) groups is 1. The first kappa shape index (κ1) is 14.2. The Morgan fingerprint density at radius 2 is 1.93 bits per heavy atom. The SMILES string of the molecule is CCOC(=N)C(CCCCl)C(=O)OCC. The van der Waals surface area contributed by atoms with E-state index in [1.54, 1.807) is 13.8 Å². The molecule has 0 amide bonds. The van der Waals surface area contributed by atoms with Crippen LogP contribution < -0.4 is 0 Å². The molecule has 0 radical (unpaired) electrons. The zero-order valence-electron chi connectivity index (χ0n) is 9.22. The third-order valence-corrected chi connectivity index (χ3v) is 2.08. The van der Waals surface area contributed by atoms with E-state index in [4.69, 9.17) is 26.5 Å². The highest BCUT2D eigenvalue weighted by atomic mass is 35.5. The Morgan fingerprint density at radius 3 is 2.40 bits per heavy atom. The van der Waals surface area contributed by atoms with Gasteiger partial charge in [-0.15, -0.1) is 11.6 Å². The molecule has 0 fully saturated rings. The summed E-state index contributed by atoms with van der Waals surface area (Å²) < 4.78 is 9.87. The van der Waals surface area contributed by atoms with Crippen LogP contribution in [-0.4, -0.2) is 31.0 Å². The predicted octanol–water partition coefficient (Wildman–Crippen LogP) is 2.20. The van der Waals surface area contributed by atoms with Crippen molar-refractivity contribution in [1.29, 1.82) is 5.41 Å². The minimum atomic E-state index is -0.608. The molecule has 4 nitrogen and oxygen atoms in total. The van der Waals surface area contributed by atoms with Gasteiger partial charge in [0.15, 0.2) is 5.90 Å². The van der Waals surface area contributed by atoms with Gasteiger partial charge < -0.3 is 9.47 Å². The van der Waals surface area contributed by atoms with Gasteiger partial charge in [0.25, 0.3) is 0 Å². The summed E-state index contributed by atoms with van der Waals surface area (Å²) in [5.41, 5.74) is 0. The maximum Gasteiger partial charge on any atom is 0.318 e. The minimum absolute atomic E-state index is 0.0268. The van der Waals surface area contributed by atoms with Gasteiger partial charge in [-0.3, -0.25) is 10.2 Å². The molecule has 0 saturated carbocycles. The fourth-order valence-electron chi connectivity index (χ4n) is 1.14. The maximum atomic E-state index is 11.5. The quantitative estimate of drug-likeness (QED) is 0.319. The molecular formula is C10H18ClNO3. The molecule has 0 aliphatic rings. The van der Waals surface area contributed by atoms with Gasteiger partial charge in [0.05, 0.1) is 13.2 Å². The highest BCUT2D eigenvalue weighted by Crippen LogP contribution is 2.12. The Labute approximate surface area is 95.4 Å². The standard InChI is InChI=1S/C10H18ClNO3/c1-3-14-9(12)8(6-5-7-11)10(13)15-4-2/h8,12H,3-7H2,1-2H3. The molecule has 88 valence electrons. The molecule has 1 unspecified atom stereocenters. The van der Waals surface area contributed by atoms with Gasteiger partial charge in [-0.05, 0) is 26.7 Å². The minimum Gasteiger partial charge on any atom is -0.481 e. The first-order valence-electron chi connectivity index (χ1n) is 5.11. The van der Waals surface area contributed by atoms with Gasteiger partial charge >= 0.3 is 5.97 Å². The van der Waals surface area contributed by atoms with Gasteiger partial charge in [0.2, 0.25) is 0 Å². The van der Waals surface area contributed by atoms with Crippen molar-refractivity contribution in [2.45, 2.75) is 26.7 Å². The normalized spacial score (nSPS) is 11.9. The molecule has 0 aromatic heterocycles. The number of halogens is 1. The monoisotopic (exact) mass is 235 g/mol. The van der Waals surface area contributed by atoms with Crippen LogP contribution in [0, 0.1) is 11.3 Å². The Kier molecular flexibility index (Phi) is 8.09. The summed E-state index contributed by atoms with van der Waals surface area (Å²) in [6.45, 7) is 4.21. The first-order chi connectivity index (χ1) is 7.17. The number of hydrogen-bond acceptors (Lipinski definition) is 4. The van der Waals surface area contributed by atoms with Crippen molar-refractivity contribution < 1.29 is 14.3 Å². The smallest absolute Gasteiger partial charge is 0.318 e. The van der Waals surface area contributed by atoms with Gasteiger partial charge in [0.1, 0.15) is 5.92 Å². The fourth-order valence-corrected chi connectivity index (χ4v) is 1.29. The van der Waals surface area contributed by atoms with Crippen molar-refractivity contribution in [3.63, 3.8) is 0 Å². The van der Waals surface area contributed by atoms with E-state index in [2.05, 4.69) is 0 Å². The van der Waals surface area contributed by atoms with Crippen molar-refractivity contribution in [3.8, 4) is 0 Å². The number of ether oxygens (including phenoxy) is 2. The van der Waals surface area contributed by atoms with E-state index in [1.807, 2.05) is 0 Å². The van der Waals surface area contributed by atoms with Crippen LogP contribution in [0.2, 0.25) is 0 Å². The highest BCUT2D eigenvalue weighted by Gasteiger charge is 2.25. The van der Waals surface area contributed by atoms with Crippen molar-refractivity contribution in [1.82, 2.24) is 0 Å². The number of nitrogens with one attached hydrogen (secondary N) is 1. The van der Waals surface area contributed by atoms with Crippen LogP contribution in [0.25, 0.3) is 0 Å². The molecule has 0 aliphatic carbocycles. The van der Waals surface area contributed by atoms with Crippen LogP contribution in [0.1, 0.15) is 26.7 Å². The van der Waals surface area contributed by atoms with E-state index in [9.17, 15) is 4.79 Å². The van der Waals surface area contributed by atoms with Gasteiger partial charge in [0, 0.05) is 5.88 Å². The largest absolute Gasteiger partial charge is 0.481 e. The van der Waals surface area contributed by atoms with Crippen LogP contribution in [-0.2, 0) is 14.3 Å². The molecule has 0 saturated heterocycles. The van der Waals surface area contributed by atoms with Crippen molar-refractivity contribution in [2.75, 3.05) is 19.1 Å². The Morgan fingerprint density at radius 1 is 1.33 bits per heavy atom. The fraction of sp³-hybridized carbons (Fsp3) is 0.800. The highest BCUT2D eigenvalue weighted by molar-refractivity contribution is 6.17. The Bertz CT molecular complexity index is 191. The lowest BCUT2D eigenvalue weighted by molar-refractivity contribution is -0.146. The zero-order chi connectivity index (χ0) is 11.7. The number of rotatable bonds is 7. The number of hydrogen-bond donors (Lipinski definition) is 1. The molecule has 5 heteroatoms.